The fraction of sp³-hybridized carbons (Fsp3) is 1.00. The van der Waals surface area contributed by atoms with Crippen molar-refractivity contribution in [1.29, 1.82) is 0 Å². The summed E-state index contributed by atoms with van der Waals surface area (Å²) in [5.41, 5.74) is 0. The minimum atomic E-state index is -1.33. The lowest BCUT2D eigenvalue weighted by Crippen LogP contribution is -2.29. The monoisotopic (exact) mass is 136 g/mol. The molecule has 1 aliphatic heterocycles. The van der Waals surface area contributed by atoms with Crippen LogP contribution in [0.25, 0.3) is 0 Å². The van der Waals surface area contributed by atoms with Gasteiger partial charge in [-0.1, -0.05) is 0 Å². The van der Waals surface area contributed by atoms with Crippen molar-refractivity contribution < 1.29 is 19.3 Å². The second-order valence-electron chi connectivity index (χ2n) is 2.06. The first-order valence-corrected chi connectivity index (χ1v) is 2.80. The minimum Gasteiger partial charge on any atom is -0.394 e. The smallest absolute Gasteiger partial charge is 0.152 e. The molecule has 1 unspecified atom stereocenters. The molecular formula is C5H9FO3. The molecule has 1 heterocycles. The Hall–Kier alpha value is -0.190. The van der Waals surface area contributed by atoms with Crippen LogP contribution in [0.4, 0.5) is 4.39 Å². The third kappa shape index (κ3) is 1.20. The predicted molar refractivity (Wildman–Crippen MR) is 27.7 cm³/mol. The van der Waals surface area contributed by atoms with E-state index in [4.69, 9.17) is 10.2 Å². The fourth-order valence-electron chi connectivity index (χ4n) is 0.806. The highest BCUT2D eigenvalue weighted by Gasteiger charge is 2.35. The predicted octanol–water partition coefficient (Wildman–Crippen LogP) is -0.923. The molecular weight excluding hydrogens is 127 g/mol. The van der Waals surface area contributed by atoms with Gasteiger partial charge in [0, 0.05) is 0 Å². The van der Waals surface area contributed by atoms with Crippen molar-refractivity contribution in [3.05, 3.63) is 0 Å². The SMILES string of the molecule is OC[C@H]1OCC(F)[C@@H]1O. The van der Waals surface area contributed by atoms with Gasteiger partial charge in [0.1, 0.15) is 12.2 Å². The van der Waals surface area contributed by atoms with Gasteiger partial charge in [-0.15, -0.1) is 0 Å². The van der Waals surface area contributed by atoms with E-state index in [1.165, 1.54) is 0 Å². The summed E-state index contributed by atoms with van der Waals surface area (Å²) in [5, 5.41) is 17.2. The molecule has 3 atom stereocenters. The molecule has 0 aromatic carbocycles. The lowest BCUT2D eigenvalue weighted by atomic mass is 10.2. The number of aliphatic hydroxyl groups is 2. The second-order valence-corrected chi connectivity index (χ2v) is 2.06. The molecule has 0 radical (unpaired) electrons. The zero-order chi connectivity index (χ0) is 6.85. The Kier molecular flexibility index (Phi) is 2.00. The molecule has 3 nitrogen and oxygen atoms in total. The van der Waals surface area contributed by atoms with Crippen molar-refractivity contribution in [2.45, 2.75) is 18.4 Å². The van der Waals surface area contributed by atoms with Crippen LogP contribution in [0.1, 0.15) is 0 Å². The van der Waals surface area contributed by atoms with Crippen molar-refractivity contribution >= 4 is 0 Å². The van der Waals surface area contributed by atoms with Gasteiger partial charge in [-0.25, -0.2) is 4.39 Å². The molecule has 0 spiro atoms. The van der Waals surface area contributed by atoms with E-state index in [2.05, 4.69) is 4.74 Å². The van der Waals surface area contributed by atoms with Crippen LogP contribution in [-0.2, 0) is 4.74 Å². The van der Waals surface area contributed by atoms with Gasteiger partial charge in [-0.05, 0) is 0 Å². The molecule has 2 N–H and O–H groups in total. The standard InChI is InChI=1S/C5H9FO3/c6-3-2-9-4(1-7)5(3)8/h3-5,7-8H,1-2H2/t3?,4-,5+/m1/s1. The van der Waals surface area contributed by atoms with Gasteiger partial charge in [0.25, 0.3) is 0 Å². The van der Waals surface area contributed by atoms with Gasteiger partial charge >= 0.3 is 0 Å². The summed E-state index contributed by atoms with van der Waals surface area (Å²) in [4.78, 5) is 0. The van der Waals surface area contributed by atoms with E-state index >= 15 is 0 Å². The fourth-order valence-corrected chi connectivity index (χ4v) is 0.806. The first kappa shape index (κ1) is 6.92. The van der Waals surface area contributed by atoms with Crippen molar-refractivity contribution in [2.24, 2.45) is 0 Å². The van der Waals surface area contributed by atoms with E-state index in [1.807, 2.05) is 0 Å². The molecule has 1 saturated heterocycles. The molecule has 0 aromatic rings. The third-order valence-corrected chi connectivity index (χ3v) is 1.40. The van der Waals surface area contributed by atoms with Crippen LogP contribution in [0.15, 0.2) is 0 Å². The molecule has 0 amide bonds. The van der Waals surface area contributed by atoms with Crippen LogP contribution in [0.3, 0.4) is 0 Å². The second kappa shape index (κ2) is 2.60. The molecule has 0 aliphatic carbocycles. The average molecular weight is 136 g/mol. The zero-order valence-electron chi connectivity index (χ0n) is 4.83. The van der Waals surface area contributed by atoms with Crippen LogP contribution in [0, 0.1) is 0 Å². The lowest BCUT2D eigenvalue weighted by molar-refractivity contribution is 0.000304. The number of halogens is 1. The average Bonchev–Trinajstić information content (AvgIpc) is 2.15. The minimum absolute atomic E-state index is 0.105. The Morgan fingerprint density at radius 3 is 2.56 bits per heavy atom. The van der Waals surface area contributed by atoms with E-state index < -0.39 is 18.4 Å². The first-order valence-electron chi connectivity index (χ1n) is 2.80. The van der Waals surface area contributed by atoms with E-state index in [0.717, 1.165) is 0 Å². The molecule has 1 aliphatic rings. The van der Waals surface area contributed by atoms with Gasteiger partial charge in [0.05, 0.1) is 13.2 Å². The van der Waals surface area contributed by atoms with Gasteiger partial charge in [-0.3, -0.25) is 0 Å². The number of hydrogen-bond acceptors (Lipinski definition) is 3. The molecule has 0 bridgehead atoms. The summed E-state index contributed by atoms with van der Waals surface area (Å²) in [5.74, 6) is 0. The zero-order valence-corrected chi connectivity index (χ0v) is 4.83. The van der Waals surface area contributed by atoms with Crippen LogP contribution in [0.5, 0.6) is 0 Å². The van der Waals surface area contributed by atoms with Crippen molar-refractivity contribution in [1.82, 2.24) is 0 Å². The first-order chi connectivity index (χ1) is 4.25. The summed E-state index contributed by atoms with van der Waals surface area (Å²) >= 11 is 0. The third-order valence-electron chi connectivity index (χ3n) is 1.40. The topological polar surface area (TPSA) is 49.7 Å². The number of alkyl halides is 1. The maximum Gasteiger partial charge on any atom is 0.152 e. The summed E-state index contributed by atoms with van der Waals surface area (Å²) in [6.07, 6.45) is -3.20. The molecule has 9 heavy (non-hydrogen) atoms. The molecule has 0 saturated carbocycles. The Morgan fingerprint density at radius 2 is 2.33 bits per heavy atom. The highest BCUT2D eigenvalue weighted by atomic mass is 19.1. The highest BCUT2D eigenvalue weighted by Crippen LogP contribution is 2.15. The van der Waals surface area contributed by atoms with Crippen LogP contribution >= 0.6 is 0 Å². The Morgan fingerprint density at radius 1 is 1.67 bits per heavy atom. The number of aliphatic hydroxyl groups excluding tert-OH is 2. The van der Waals surface area contributed by atoms with Gasteiger partial charge in [0.2, 0.25) is 0 Å². The van der Waals surface area contributed by atoms with Gasteiger partial charge in [0.15, 0.2) is 6.17 Å². The van der Waals surface area contributed by atoms with Gasteiger partial charge in [-0.2, -0.15) is 0 Å². The Labute approximate surface area is 52.1 Å². The maximum atomic E-state index is 12.3. The van der Waals surface area contributed by atoms with Crippen LogP contribution in [-0.4, -0.2) is 41.8 Å². The quantitative estimate of drug-likeness (QED) is 0.490. The van der Waals surface area contributed by atoms with E-state index in [1.54, 1.807) is 0 Å². The van der Waals surface area contributed by atoms with E-state index in [-0.39, 0.29) is 13.2 Å². The summed E-state index contributed by atoms with van der Waals surface area (Å²) < 4.78 is 16.9. The Bertz CT molecular complexity index is 98.2. The van der Waals surface area contributed by atoms with Crippen LogP contribution < -0.4 is 0 Å². The lowest BCUT2D eigenvalue weighted by Gasteiger charge is -2.09. The van der Waals surface area contributed by atoms with Gasteiger partial charge < -0.3 is 14.9 Å². The summed E-state index contributed by atoms with van der Waals surface area (Å²) in [7, 11) is 0. The Balaban J connectivity index is 2.41. The number of ether oxygens (including phenoxy) is 1. The maximum absolute atomic E-state index is 12.3. The highest BCUT2D eigenvalue weighted by molar-refractivity contribution is 4.82. The molecule has 4 heteroatoms. The summed E-state index contributed by atoms with van der Waals surface area (Å²) in [6.45, 7) is -0.423. The van der Waals surface area contributed by atoms with E-state index in [0.29, 0.717) is 0 Å². The summed E-state index contributed by atoms with van der Waals surface area (Å²) in [6, 6.07) is 0. The molecule has 0 aromatic heterocycles. The number of rotatable bonds is 1. The van der Waals surface area contributed by atoms with E-state index in [9.17, 15) is 4.39 Å². The van der Waals surface area contributed by atoms with Crippen molar-refractivity contribution in [2.75, 3.05) is 13.2 Å². The molecule has 54 valence electrons. The molecule has 1 rings (SSSR count). The van der Waals surface area contributed by atoms with Crippen LogP contribution in [0.2, 0.25) is 0 Å². The normalized spacial score (nSPS) is 43.7. The largest absolute Gasteiger partial charge is 0.394 e. The molecule has 1 fully saturated rings. The van der Waals surface area contributed by atoms with Crippen molar-refractivity contribution in [3.8, 4) is 0 Å². The van der Waals surface area contributed by atoms with Crippen molar-refractivity contribution in [3.63, 3.8) is 0 Å². The number of hydrogen-bond donors (Lipinski definition) is 2.